The molecule has 17 heavy (non-hydrogen) atoms. The molecule has 0 aliphatic rings. The highest BCUT2D eigenvalue weighted by Crippen LogP contribution is 2.25. The molecule has 0 aromatic heterocycles. The Kier molecular flexibility index (Phi) is 5.31. The summed E-state index contributed by atoms with van der Waals surface area (Å²) in [6.45, 7) is 2.44. The molecular weight excluding hydrogens is 240 g/mol. The molecule has 0 saturated carbocycles. The maximum absolute atomic E-state index is 11.4. The summed E-state index contributed by atoms with van der Waals surface area (Å²) < 4.78 is 5.29. The Morgan fingerprint density at radius 1 is 1.59 bits per heavy atom. The lowest BCUT2D eigenvalue weighted by molar-refractivity contribution is -0.120. The number of carbonyl (C=O) groups excluding carboxylic acids is 1. The number of hydrogen-bond acceptors (Lipinski definition) is 3. The molecule has 0 heterocycles. The zero-order chi connectivity index (χ0) is 12.7. The van der Waals surface area contributed by atoms with E-state index < -0.39 is 0 Å². The Morgan fingerprint density at radius 3 is 2.94 bits per heavy atom. The van der Waals surface area contributed by atoms with E-state index in [-0.39, 0.29) is 18.9 Å². The minimum absolute atomic E-state index is 0.0175. The molecule has 5 heteroatoms. The van der Waals surface area contributed by atoms with Crippen LogP contribution >= 0.6 is 11.6 Å². The van der Waals surface area contributed by atoms with Crippen molar-refractivity contribution in [3.05, 3.63) is 28.8 Å². The van der Waals surface area contributed by atoms with Crippen LogP contribution in [0.3, 0.4) is 0 Å². The van der Waals surface area contributed by atoms with E-state index in [0.29, 0.717) is 17.4 Å². The van der Waals surface area contributed by atoms with Crippen LogP contribution < -0.4 is 10.1 Å². The fourth-order valence-electron chi connectivity index (χ4n) is 1.31. The zero-order valence-electron chi connectivity index (χ0n) is 9.50. The molecule has 0 bridgehead atoms. The number of nitriles is 1. The van der Waals surface area contributed by atoms with Crippen molar-refractivity contribution in [1.29, 1.82) is 5.26 Å². The number of ether oxygens (including phenoxy) is 1. The number of carbonyl (C=O) groups is 1. The number of nitrogens with zero attached hydrogens (tertiary/aromatic N) is 1. The smallest absolute Gasteiger partial charge is 0.225 e. The van der Waals surface area contributed by atoms with Gasteiger partial charge in [-0.25, -0.2) is 0 Å². The van der Waals surface area contributed by atoms with E-state index >= 15 is 0 Å². The largest absolute Gasteiger partial charge is 0.492 e. The van der Waals surface area contributed by atoms with Crippen LogP contribution in [0, 0.1) is 11.3 Å². The summed E-state index contributed by atoms with van der Waals surface area (Å²) in [5.74, 6) is 0.405. The standard InChI is InChI=1S/C12H13ClN2O2/c1-2-17-11-4-3-9(7-10(11)13)8-12(16)15-6-5-14/h3-4,7H,2,6,8H2,1H3,(H,15,16). The highest BCUT2D eigenvalue weighted by molar-refractivity contribution is 6.32. The lowest BCUT2D eigenvalue weighted by atomic mass is 10.1. The van der Waals surface area contributed by atoms with Crippen LogP contribution in [0.2, 0.25) is 5.02 Å². The van der Waals surface area contributed by atoms with E-state index in [1.165, 1.54) is 0 Å². The molecule has 1 rings (SSSR count). The summed E-state index contributed by atoms with van der Waals surface area (Å²) in [7, 11) is 0. The van der Waals surface area contributed by atoms with E-state index in [4.69, 9.17) is 21.6 Å². The quantitative estimate of drug-likeness (QED) is 0.815. The lowest BCUT2D eigenvalue weighted by Gasteiger charge is -2.07. The fraction of sp³-hybridized carbons (Fsp3) is 0.333. The summed E-state index contributed by atoms with van der Waals surface area (Å²) >= 11 is 5.99. The second kappa shape index (κ2) is 6.77. The van der Waals surface area contributed by atoms with Crippen LogP contribution in [0.1, 0.15) is 12.5 Å². The molecule has 1 aromatic rings. The monoisotopic (exact) mass is 252 g/mol. The number of benzene rings is 1. The Hall–Kier alpha value is -1.73. The molecular formula is C12H13ClN2O2. The predicted octanol–water partition coefficient (Wildman–Crippen LogP) is 1.92. The van der Waals surface area contributed by atoms with Gasteiger partial charge in [-0.05, 0) is 24.6 Å². The lowest BCUT2D eigenvalue weighted by Crippen LogP contribution is -2.25. The second-order valence-electron chi connectivity index (χ2n) is 3.31. The first-order chi connectivity index (χ1) is 8.17. The summed E-state index contributed by atoms with van der Waals surface area (Å²) in [6.07, 6.45) is 0.202. The maximum atomic E-state index is 11.4. The SMILES string of the molecule is CCOc1ccc(CC(=O)NCC#N)cc1Cl. The van der Waals surface area contributed by atoms with Gasteiger partial charge in [0.05, 0.1) is 24.1 Å². The van der Waals surface area contributed by atoms with Crippen LogP contribution in [0.4, 0.5) is 0 Å². The van der Waals surface area contributed by atoms with Crippen LogP contribution in [-0.4, -0.2) is 19.1 Å². The molecule has 1 N–H and O–H groups in total. The molecule has 0 fully saturated rings. The average molecular weight is 253 g/mol. The van der Waals surface area contributed by atoms with E-state index in [1.54, 1.807) is 18.2 Å². The first kappa shape index (κ1) is 13.3. The highest BCUT2D eigenvalue weighted by Gasteiger charge is 2.06. The third-order valence-corrected chi connectivity index (χ3v) is 2.32. The molecule has 1 amide bonds. The van der Waals surface area contributed by atoms with Crippen molar-refractivity contribution in [2.45, 2.75) is 13.3 Å². The van der Waals surface area contributed by atoms with Crippen LogP contribution in [0.15, 0.2) is 18.2 Å². The average Bonchev–Trinajstić information content (AvgIpc) is 2.30. The minimum Gasteiger partial charge on any atom is -0.492 e. The van der Waals surface area contributed by atoms with Crippen molar-refractivity contribution in [3.8, 4) is 11.8 Å². The van der Waals surface area contributed by atoms with Crippen molar-refractivity contribution in [1.82, 2.24) is 5.32 Å². The van der Waals surface area contributed by atoms with Gasteiger partial charge in [-0.3, -0.25) is 4.79 Å². The normalized spacial score (nSPS) is 9.47. The second-order valence-corrected chi connectivity index (χ2v) is 3.72. The third-order valence-electron chi connectivity index (χ3n) is 2.03. The topological polar surface area (TPSA) is 62.1 Å². The van der Waals surface area contributed by atoms with Crippen LogP contribution in [0.5, 0.6) is 5.75 Å². The van der Waals surface area contributed by atoms with Crippen molar-refractivity contribution in [3.63, 3.8) is 0 Å². The summed E-state index contributed by atoms with van der Waals surface area (Å²) in [5.41, 5.74) is 0.786. The van der Waals surface area contributed by atoms with Gasteiger partial charge in [0, 0.05) is 0 Å². The number of hydrogen-bond donors (Lipinski definition) is 1. The molecule has 0 unspecified atom stereocenters. The first-order valence-corrected chi connectivity index (χ1v) is 5.60. The van der Waals surface area contributed by atoms with E-state index in [9.17, 15) is 4.79 Å². The molecule has 0 saturated heterocycles. The molecule has 0 atom stereocenters. The summed E-state index contributed by atoms with van der Waals surface area (Å²) in [4.78, 5) is 11.4. The molecule has 0 radical (unpaired) electrons. The van der Waals surface area contributed by atoms with Gasteiger partial charge in [-0.2, -0.15) is 5.26 Å². The molecule has 0 aliphatic carbocycles. The highest BCUT2D eigenvalue weighted by atomic mass is 35.5. The number of nitrogens with one attached hydrogen (secondary N) is 1. The molecule has 1 aromatic carbocycles. The minimum atomic E-state index is -0.202. The van der Waals surface area contributed by atoms with Gasteiger partial charge >= 0.3 is 0 Å². The van der Waals surface area contributed by atoms with Gasteiger partial charge in [0.25, 0.3) is 0 Å². The van der Waals surface area contributed by atoms with Crippen molar-refractivity contribution in [2.75, 3.05) is 13.2 Å². The van der Waals surface area contributed by atoms with Crippen molar-refractivity contribution >= 4 is 17.5 Å². The van der Waals surface area contributed by atoms with Crippen LogP contribution in [0.25, 0.3) is 0 Å². The summed E-state index contributed by atoms with van der Waals surface area (Å²) in [5, 5.41) is 11.3. The number of halogens is 1. The Bertz CT molecular complexity index is 441. The van der Waals surface area contributed by atoms with E-state index in [2.05, 4.69) is 5.32 Å². The van der Waals surface area contributed by atoms with E-state index in [1.807, 2.05) is 13.0 Å². The third kappa shape index (κ3) is 4.33. The zero-order valence-corrected chi connectivity index (χ0v) is 10.3. The van der Waals surface area contributed by atoms with Gasteiger partial charge in [-0.15, -0.1) is 0 Å². The van der Waals surface area contributed by atoms with Gasteiger partial charge in [0.15, 0.2) is 0 Å². The predicted molar refractivity (Wildman–Crippen MR) is 64.9 cm³/mol. The van der Waals surface area contributed by atoms with E-state index in [0.717, 1.165) is 5.56 Å². The van der Waals surface area contributed by atoms with Crippen LogP contribution in [-0.2, 0) is 11.2 Å². The molecule has 4 nitrogen and oxygen atoms in total. The maximum Gasteiger partial charge on any atom is 0.225 e. The number of amides is 1. The molecule has 90 valence electrons. The Morgan fingerprint density at radius 2 is 2.35 bits per heavy atom. The van der Waals surface area contributed by atoms with Gasteiger partial charge < -0.3 is 10.1 Å². The molecule has 0 spiro atoms. The first-order valence-electron chi connectivity index (χ1n) is 5.22. The summed E-state index contributed by atoms with van der Waals surface area (Å²) in [6, 6.07) is 7.05. The fourth-order valence-corrected chi connectivity index (χ4v) is 1.57. The van der Waals surface area contributed by atoms with Crippen molar-refractivity contribution in [2.24, 2.45) is 0 Å². The van der Waals surface area contributed by atoms with Gasteiger partial charge in [0.1, 0.15) is 12.3 Å². The Labute approximate surface area is 105 Å². The van der Waals surface area contributed by atoms with Gasteiger partial charge in [-0.1, -0.05) is 17.7 Å². The van der Waals surface area contributed by atoms with Crippen molar-refractivity contribution < 1.29 is 9.53 Å². The number of rotatable bonds is 5. The Balaban J connectivity index is 2.64. The molecule has 0 aliphatic heterocycles. The van der Waals surface area contributed by atoms with Gasteiger partial charge in [0.2, 0.25) is 5.91 Å².